The van der Waals surface area contributed by atoms with Gasteiger partial charge in [0, 0.05) is 25.2 Å². The van der Waals surface area contributed by atoms with Gasteiger partial charge in [-0.05, 0) is 45.2 Å². The van der Waals surface area contributed by atoms with Crippen molar-refractivity contribution in [2.24, 2.45) is 11.8 Å². The van der Waals surface area contributed by atoms with Crippen molar-refractivity contribution in [3.63, 3.8) is 0 Å². The Morgan fingerprint density at radius 3 is 1.38 bits per heavy atom. The summed E-state index contributed by atoms with van der Waals surface area (Å²) in [5.74, 6) is -0.174. The Kier molecular flexibility index (Phi) is 6.73. The minimum atomic E-state index is -0.189. The first-order valence-corrected chi connectivity index (χ1v) is 10.6. The van der Waals surface area contributed by atoms with E-state index >= 15 is 0 Å². The molecule has 0 heterocycles. The SMILES string of the molecule is CC(C)N(Cc1ccccc1)C(=O)C1CC1C(=O)N(Cc1ccccc1)C(C)C. The second kappa shape index (κ2) is 9.25. The molecule has 2 aromatic rings. The largest absolute Gasteiger partial charge is 0.336 e. The van der Waals surface area contributed by atoms with E-state index in [4.69, 9.17) is 0 Å². The molecule has 0 aliphatic heterocycles. The lowest BCUT2D eigenvalue weighted by Gasteiger charge is -2.29. The Labute approximate surface area is 174 Å². The molecular weight excluding hydrogens is 360 g/mol. The molecule has 4 nitrogen and oxygen atoms in total. The standard InChI is InChI=1S/C25H32N2O2/c1-18(2)26(16-20-11-7-5-8-12-20)24(28)22-15-23(22)25(29)27(19(3)4)17-21-13-9-6-10-14-21/h5-14,18-19,22-23H,15-17H2,1-4H3. The number of nitrogens with zero attached hydrogens (tertiary/aromatic N) is 2. The first kappa shape index (κ1) is 21.1. The number of amides is 2. The summed E-state index contributed by atoms with van der Waals surface area (Å²) >= 11 is 0. The average molecular weight is 393 g/mol. The average Bonchev–Trinajstić information content (AvgIpc) is 3.51. The van der Waals surface area contributed by atoms with E-state index in [9.17, 15) is 9.59 Å². The first-order valence-electron chi connectivity index (χ1n) is 10.6. The normalized spacial score (nSPS) is 18.0. The van der Waals surface area contributed by atoms with Crippen LogP contribution in [0.2, 0.25) is 0 Å². The lowest BCUT2D eigenvalue weighted by molar-refractivity contribution is -0.140. The van der Waals surface area contributed by atoms with Crippen molar-refractivity contribution >= 4 is 11.8 Å². The van der Waals surface area contributed by atoms with Gasteiger partial charge in [-0.2, -0.15) is 0 Å². The third-order valence-corrected chi connectivity index (χ3v) is 5.63. The molecule has 1 aliphatic rings. The first-order chi connectivity index (χ1) is 13.9. The van der Waals surface area contributed by atoms with Gasteiger partial charge >= 0.3 is 0 Å². The highest BCUT2D eigenvalue weighted by Gasteiger charge is 2.51. The smallest absolute Gasteiger partial charge is 0.227 e. The summed E-state index contributed by atoms with van der Waals surface area (Å²) in [6, 6.07) is 20.3. The molecule has 0 N–H and O–H groups in total. The Hall–Kier alpha value is -2.62. The molecule has 0 radical (unpaired) electrons. The van der Waals surface area contributed by atoms with Gasteiger partial charge in [0.1, 0.15) is 0 Å². The van der Waals surface area contributed by atoms with Crippen molar-refractivity contribution in [1.29, 1.82) is 0 Å². The number of benzene rings is 2. The van der Waals surface area contributed by atoms with Crippen molar-refractivity contribution < 1.29 is 9.59 Å². The number of hydrogen-bond acceptors (Lipinski definition) is 2. The van der Waals surface area contributed by atoms with Crippen LogP contribution in [-0.4, -0.2) is 33.7 Å². The van der Waals surface area contributed by atoms with Crippen LogP contribution in [0.15, 0.2) is 60.7 Å². The van der Waals surface area contributed by atoms with Crippen molar-refractivity contribution in [1.82, 2.24) is 9.80 Å². The van der Waals surface area contributed by atoms with E-state index in [-0.39, 0.29) is 35.7 Å². The molecule has 1 saturated carbocycles. The van der Waals surface area contributed by atoms with Gasteiger partial charge in [0.2, 0.25) is 11.8 Å². The maximum Gasteiger partial charge on any atom is 0.227 e. The maximum atomic E-state index is 13.2. The molecule has 29 heavy (non-hydrogen) atoms. The highest BCUT2D eigenvalue weighted by Crippen LogP contribution is 2.42. The second-order valence-electron chi connectivity index (χ2n) is 8.54. The van der Waals surface area contributed by atoms with E-state index in [1.165, 1.54) is 0 Å². The summed E-state index contributed by atoms with van der Waals surface area (Å²) in [7, 11) is 0. The molecule has 154 valence electrons. The predicted molar refractivity (Wildman–Crippen MR) is 116 cm³/mol. The molecule has 1 aliphatic carbocycles. The summed E-state index contributed by atoms with van der Waals surface area (Å²) < 4.78 is 0. The molecule has 2 amide bonds. The third-order valence-electron chi connectivity index (χ3n) is 5.63. The third kappa shape index (κ3) is 5.26. The van der Waals surface area contributed by atoms with Gasteiger partial charge in [0.15, 0.2) is 0 Å². The molecule has 0 spiro atoms. The lowest BCUT2D eigenvalue weighted by atomic mass is 10.1. The van der Waals surface area contributed by atoms with Gasteiger partial charge in [-0.1, -0.05) is 60.7 Å². The van der Waals surface area contributed by atoms with E-state index in [1.807, 2.05) is 98.2 Å². The monoisotopic (exact) mass is 392 g/mol. The van der Waals surface area contributed by atoms with E-state index in [1.54, 1.807) is 0 Å². The zero-order valence-electron chi connectivity index (χ0n) is 17.9. The Bertz CT molecular complexity index is 748. The number of carbonyl (C=O) groups excluding carboxylic acids is 2. The van der Waals surface area contributed by atoms with Crippen LogP contribution in [0.25, 0.3) is 0 Å². The fraction of sp³-hybridized carbons (Fsp3) is 0.440. The van der Waals surface area contributed by atoms with Crippen LogP contribution in [0.3, 0.4) is 0 Å². The minimum absolute atomic E-state index is 0.101. The van der Waals surface area contributed by atoms with Crippen LogP contribution >= 0.6 is 0 Å². The van der Waals surface area contributed by atoms with Gasteiger partial charge in [0.05, 0.1) is 11.8 Å². The lowest BCUT2D eigenvalue weighted by Crippen LogP contribution is -2.40. The van der Waals surface area contributed by atoms with Crippen LogP contribution < -0.4 is 0 Å². The van der Waals surface area contributed by atoms with Crippen molar-refractivity contribution in [3.8, 4) is 0 Å². The van der Waals surface area contributed by atoms with E-state index in [0.29, 0.717) is 19.5 Å². The van der Waals surface area contributed by atoms with Crippen LogP contribution in [0, 0.1) is 11.8 Å². The zero-order valence-corrected chi connectivity index (χ0v) is 17.9. The van der Waals surface area contributed by atoms with Crippen LogP contribution in [0.5, 0.6) is 0 Å². The van der Waals surface area contributed by atoms with Gasteiger partial charge in [-0.3, -0.25) is 9.59 Å². The predicted octanol–water partition coefficient (Wildman–Crippen LogP) is 4.50. The summed E-state index contributed by atoms with van der Waals surface area (Å²) in [5, 5.41) is 0. The van der Waals surface area contributed by atoms with Crippen LogP contribution in [0.1, 0.15) is 45.2 Å². The zero-order chi connectivity index (χ0) is 21.0. The molecule has 1 fully saturated rings. The molecule has 2 aromatic carbocycles. The Morgan fingerprint density at radius 1 is 0.724 bits per heavy atom. The fourth-order valence-corrected chi connectivity index (χ4v) is 3.76. The van der Waals surface area contributed by atoms with Gasteiger partial charge in [0.25, 0.3) is 0 Å². The summed E-state index contributed by atoms with van der Waals surface area (Å²) in [6.45, 7) is 9.33. The van der Waals surface area contributed by atoms with Crippen LogP contribution in [-0.2, 0) is 22.7 Å². The Morgan fingerprint density at radius 2 is 1.07 bits per heavy atom. The summed E-state index contributed by atoms with van der Waals surface area (Å²) in [4.78, 5) is 30.2. The van der Waals surface area contributed by atoms with E-state index in [2.05, 4.69) is 0 Å². The topological polar surface area (TPSA) is 40.6 Å². The van der Waals surface area contributed by atoms with E-state index in [0.717, 1.165) is 11.1 Å². The van der Waals surface area contributed by atoms with Crippen molar-refractivity contribution in [2.75, 3.05) is 0 Å². The minimum Gasteiger partial charge on any atom is -0.336 e. The fourth-order valence-electron chi connectivity index (χ4n) is 3.76. The molecule has 0 bridgehead atoms. The summed E-state index contributed by atoms with van der Waals surface area (Å²) in [6.07, 6.45) is 0.660. The number of rotatable bonds is 8. The highest BCUT2D eigenvalue weighted by atomic mass is 16.2. The van der Waals surface area contributed by atoms with Gasteiger partial charge < -0.3 is 9.80 Å². The molecular formula is C25H32N2O2. The van der Waals surface area contributed by atoms with E-state index < -0.39 is 0 Å². The van der Waals surface area contributed by atoms with Gasteiger partial charge in [-0.25, -0.2) is 0 Å². The molecule has 2 atom stereocenters. The molecule has 0 aromatic heterocycles. The van der Waals surface area contributed by atoms with Crippen molar-refractivity contribution in [3.05, 3.63) is 71.8 Å². The molecule has 4 heteroatoms. The number of hydrogen-bond donors (Lipinski definition) is 0. The van der Waals surface area contributed by atoms with Gasteiger partial charge in [-0.15, -0.1) is 0 Å². The van der Waals surface area contributed by atoms with Crippen LogP contribution in [0.4, 0.5) is 0 Å². The molecule has 3 rings (SSSR count). The number of carbonyl (C=O) groups is 2. The maximum absolute atomic E-state index is 13.2. The molecule has 0 saturated heterocycles. The van der Waals surface area contributed by atoms with Crippen molar-refractivity contribution in [2.45, 2.75) is 59.3 Å². The quantitative estimate of drug-likeness (QED) is 0.664. The Balaban J connectivity index is 1.66. The second-order valence-corrected chi connectivity index (χ2v) is 8.54. The molecule has 2 unspecified atom stereocenters. The summed E-state index contributed by atoms with van der Waals surface area (Å²) in [5.41, 5.74) is 2.23. The highest BCUT2D eigenvalue weighted by molar-refractivity contribution is 5.92.